The molecule has 0 radical (unpaired) electrons. The van der Waals surface area contributed by atoms with Crippen LogP contribution in [0.3, 0.4) is 0 Å². The van der Waals surface area contributed by atoms with Crippen LogP contribution in [0.15, 0.2) is 18.5 Å². The van der Waals surface area contributed by atoms with Crippen LogP contribution in [0, 0.1) is 5.82 Å². The van der Waals surface area contributed by atoms with E-state index in [0.29, 0.717) is 5.56 Å². The highest BCUT2D eigenvalue weighted by Crippen LogP contribution is 2.16. The van der Waals surface area contributed by atoms with Gasteiger partial charge in [-0.1, -0.05) is 0 Å². The van der Waals surface area contributed by atoms with Gasteiger partial charge < -0.3 is 5.32 Å². The Morgan fingerprint density at radius 1 is 1.40 bits per heavy atom. The molecule has 6 heteroatoms. The Labute approximate surface area is 84.3 Å². The first-order chi connectivity index (χ1) is 6.88. The second-order valence-corrected chi connectivity index (χ2v) is 3.15. The molecule has 1 heterocycles. The van der Waals surface area contributed by atoms with Gasteiger partial charge in [0.1, 0.15) is 5.82 Å². The maximum absolute atomic E-state index is 12.7. The van der Waals surface area contributed by atoms with E-state index in [1.54, 1.807) is 0 Å². The summed E-state index contributed by atoms with van der Waals surface area (Å²) in [6.45, 7) is 0.410. The molecule has 0 spiro atoms. The maximum atomic E-state index is 12.7. The predicted molar refractivity (Wildman–Crippen MR) is 46.7 cm³/mol. The first kappa shape index (κ1) is 11.9. The van der Waals surface area contributed by atoms with E-state index >= 15 is 0 Å². The quantitative estimate of drug-likeness (QED) is 0.794. The summed E-state index contributed by atoms with van der Waals surface area (Å²) in [5.41, 5.74) is 0.388. The van der Waals surface area contributed by atoms with Gasteiger partial charge in [0.25, 0.3) is 0 Å². The predicted octanol–water partition coefficient (Wildman–Crippen LogP) is 2.43. The van der Waals surface area contributed by atoms with Crippen molar-refractivity contribution in [3.63, 3.8) is 0 Å². The van der Waals surface area contributed by atoms with Gasteiger partial charge in [-0.3, -0.25) is 4.98 Å². The van der Waals surface area contributed by atoms with E-state index in [1.165, 1.54) is 13.1 Å². The molecule has 1 rings (SSSR count). The van der Waals surface area contributed by atoms with Gasteiger partial charge in [0.15, 0.2) is 0 Å². The van der Waals surface area contributed by atoms with Crippen LogP contribution >= 0.6 is 0 Å². The lowest BCUT2D eigenvalue weighted by molar-refractivity contribution is -0.126. The van der Waals surface area contributed by atoms with Gasteiger partial charge in [-0.25, -0.2) is 4.39 Å². The third-order valence-corrected chi connectivity index (χ3v) is 1.83. The zero-order chi connectivity index (χ0) is 11.5. The Morgan fingerprint density at radius 3 is 2.60 bits per heavy atom. The highest BCUT2D eigenvalue weighted by atomic mass is 19.4. The van der Waals surface area contributed by atoms with E-state index in [-0.39, 0.29) is 0 Å². The zero-order valence-corrected chi connectivity index (χ0v) is 7.98. The molecule has 0 aliphatic heterocycles. The van der Waals surface area contributed by atoms with E-state index in [2.05, 4.69) is 10.3 Å². The lowest BCUT2D eigenvalue weighted by Crippen LogP contribution is -2.30. The molecule has 0 aliphatic carbocycles. The molecule has 0 aliphatic rings. The maximum Gasteiger partial charge on any atom is 0.401 e. The monoisotopic (exact) mass is 222 g/mol. The molecule has 0 bridgehead atoms. The topological polar surface area (TPSA) is 24.9 Å². The van der Waals surface area contributed by atoms with Crippen LogP contribution in [0.4, 0.5) is 17.6 Å². The van der Waals surface area contributed by atoms with Crippen molar-refractivity contribution in [1.82, 2.24) is 10.3 Å². The number of hydrogen-bond donors (Lipinski definition) is 1. The molecular weight excluding hydrogens is 212 g/mol. The summed E-state index contributed by atoms with van der Waals surface area (Å²) in [6, 6.07) is 0.566. The van der Waals surface area contributed by atoms with Crippen molar-refractivity contribution < 1.29 is 17.6 Å². The van der Waals surface area contributed by atoms with Gasteiger partial charge in [-0.05, 0) is 18.6 Å². The van der Waals surface area contributed by atoms with E-state index in [4.69, 9.17) is 0 Å². The zero-order valence-electron chi connectivity index (χ0n) is 7.98. The normalized spacial score (nSPS) is 13.9. The third-order valence-electron chi connectivity index (χ3n) is 1.83. The van der Waals surface area contributed by atoms with Crippen LogP contribution in [-0.4, -0.2) is 17.7 Å². The van der Waals surface area contributed by atoms with Crippen LogP contribution in [0.5, 0.6) is 0 Å². The summed E-state index contributed by atoms with van der Waals surface area (Å²) in [4.78, 5) is 3.55. The van der Waals surface area contributed by atoms with Crippen molar-refractivity contribution in [3.8, 4) is 0 Å². The number of aromatic nitrogens is 1. The van der Waals surface area contributed by atoms with Crippen LogP contribution in [-0.2, 0) is 0 Å². The lowest BCUT2D eigenvalue weighted by atomic mass is 10.1. The summed E-state index contributed by atoms with van der Waals surface area (Å²) in [7, 11) is 0. The molecule has 0 saturated carbocycles. The minimum absolute atomic E-state index is 0.388. The molecule has 0 saturated heterocycles. The first-order valence-corrected chi connectivity index (χ1v) is 4.29. The number of hydrogen-bond acceptors (Lipinski definition) is 2. The van der Waals surface area contributed by atoms with Gasteiger partial charge in [0.05, 0.1) is 12.7 Å². The fourth-order valence-corrected chi connectivity index (χ4v) is 1.05. The molecule has 0 fully saturated rings. The molecule has 1 N–H and O–H groups in total. The van der Waals surface area contributed by atoms with Crippen LogP contribution in [0.1, 0.15) is 18.5 Å². The van der Waals surface area contributed by atoms with Crippen molar-refractivity contribution in [1.29, 1.82) is 0 Å². The third kappa shape index (κ3) is 4.24. The summed E-state index contributed by atoms with van der Waals surface area (Å²) in [6.07, 6.45) is -1.94. The summed E-state index contributed by atoms with van der Waals surface area (Å²) >= 11 is 0. The van der Waals surface area contributed by atoms with E-state index in [9.17, 15) is 17.6 Å². The standard InChI is InChI=1S/C9H10F4N2/c1-6(15-5-9(11,12)13)7-2-8(10)4-14-3-7/h2-4,6,15H,5H2,1H3. The first-order valence-electron chi connectivity index (χ1n) is 4.29. The van der Waals surface area contributed by atoms with Gasteiger partial charge in [-0.15, -0.1) is 0 Å². The number of nitrogens with one attached hydrogen (secondary N) is 1. The Kier molecular flexibility index (Phi) is 3.62. The molecule has 1 aromatic heterocycles. The summed E-state index contributed by atoms with van der Waals surface area (Å²) in [5.74, 6) is -0.562. The lowest BCUT2D eigenvalue weighted by Gasteiger charge is -2.15. The number of halogens is 4. The van der Waals surface area contributed by atoms with Crippen molar-refractivity contribution >= 4 is 0 Å². The van der Waals surface area contributed by atoms with Crippen molar-refractivity contribution in [2.45, 2.75) is 19.1 Å². The Hall–Kier alpha value is -1.17. The second-order valence-electron chi connectivity index (χ2n) is 3.15. The molecule has 1 aromatic rings. The molecule has 2 nitrogen and oxygen atoms in total. The molecule has 1 unspecified atom stereocenters. The van der Waals surface area contributed by atoms with Gasteiger partial charge in [0, 0.05) is 12.2 Å². The highest BCUT2D eigenvalue weighted by molar-refractivity contribution is 5.14. The van der Waals surface area contributed by atoms with Crippen LogP contribution in [0.25, 0.3) is 0 Å². The number of pyridine rings is 1. The molecule has 0 aromatic carbocycles. The minimum Gasteiger partial charge on any atom is -0.302 e. The average Bonchev–Trinajstić information content (AvgIpc) is 2.13. The fraction of sp³-hybridized carbons (Fsp3) is 0.444. The highest BCUT2D eigenvalue weighted by Gasteiger charge is 2.27. The van der Waals surface area contributed by atoms with Crippen LogP contribution < -0.4 is 5.32 Å². The number of alkyl halides is 3. The minimum atomic E-state index is -4.27. The SMILES string of the molecule is CC(NCC(F)(F)F)c1cncc(F)c1. The summed E-state index contributed by atoms with van der Waals surface area (Å²) < 4.78 is 48.3. The van der Waals surface area contributed by atoms with E-state index in [0.717, 1.165) is 12.3 Å². The number of rotatable bonds is 3. The average molecular weight is 222 g/mol. The molecular formula is C9H10F4N2. The second kappa shape index (κ2) is 4.57. The van der Waals surface area contributed by atoms with Gasteiger partial charge in [-0.2, -0.15) is 13.2 Å². The molecule has 0 amide bonds. The Balaban J connectivity index is 2.58. The number of nitrogens with zero attached hydrogens (tertiary/aromatic N) is 1. The Bertz CT molecular complexity index is 324. The Morgan fingerprint density at radius 2 is 2.07 bits per heavy atom. The van der Waals surface area contributed by atoms with Crippen molar-refractivity contribution in [3.05, 3.63) is 29.8 Å². The van der Waals surface area contributed by atoms with E-state index in [1.807, 2.05) is 0 Å². The smallest absolute Gasteiger partial charge is 0.302 e. The van der Waals surface area contributed by atoms with Gasteiger partial charge in [0.2, 0.25) is 0 Å². The van der Waals surface area contributed by atoms with Crippen molar-refractivity contribution in [2.24, 2.45) is 0 Å². The van der Waals surface area contributed by atoms with Crippen molar-refractivity contribution in [2.75, 3.05) is 6.54 Å². The van der Waals surface area contributed by atoms with Gasteiger partial charge >= 0.3 is 6.18 Å². The molecule has 84 valence electrons. The summed E-state index contributed by atoms with van der Waals surface area (Å²) in [5, 5.41) is 2.23. The molecule has 1 atom stereocenters. The van der Waals surface area contributed by atoms with Crippen LogP contribution in [0.2, 0.25) is 0 Å². The largest absolute Gasteiger partial charge is 0.401 e. The fourth-order valence-electron chi connectivity index (χ4n) is 1.05. The molecule has 15 heavy (non-hydrogen) atoms. The van der Waals surface area contributed by atoms with E-state index < -0.39 is 24.6 Å².